The molecule has 0 bridgehead atoms. The molecule has 1 aromatic heterocycles. The van der Waals surface area contributed by atoms with E-state index in [2.05, 4.69) is 27.8 Å². The summed E-state index contributed by atoms with van der Waals surface area (Å²) in [5, 5.41) is 25.4. The van der Waals surface area contributed by atoms with Gasteiger partial charge in [-0.3, -0.25) is 0 Å². The largest absolute Gasteiger partial charge is 0.390 e. The third-order valence-electron chi connectivity index (χ3n) is 2.63. The monoisotopic (exact) mass is 319 g/mol. The van der Waals surface area contributed by atoms with Crippen molar-refractivity contribution >= 4 is 11.8 Å². The summed E-state index contributed by atoms with van der Waals surface area (Å²) in [5.41, 5.74) is 0. The summed E-state index contributed by atoms with van der Waals surface area (Å²) < 4.78 is 12.2. The van der Waals surface area contributed by atoms with E-state index in [1.807, 2.05) is 6.92 Å². The Labute approximate surface area is 129 Å². The molecule has 0 aliphatic carbocycles. The molecule has 0 radical (unpaired) electrons. The van der Waals surface area contributed by atoms with Crippen LogP contribution in [0.25, 0.3) is 0 Å². The summed E-state index contributed by atoms with van der Waals surface area (Å²) in [5.74, 6) is 0.487. The molecule has 9 heteroatoms. The van der Waals surface area contributed by atoms with Crippen molar-refractivity contribution in [3.63, 3.8) is 0 Å². The van der Waals surface area contributed by atoms with E-state index in [4.69, 9.17) is 9.47 Å². The van der Waals surface area contributed by atoms with Gasteiger partial charge in [0.25, 0.3) is 0 Å². The van der Waals surface area contributed by atoms with Crippen molar-refractivity contribution in [1.82, 2.24) is 25.5 Å². The fraction of sp³-hybridized carbons (Fsp3) is 0.917. The molecule has 0 spiro atoms. The number of ether oxygens (including phenoxy) is 2. The van der Waals surface area contributed by atoms with Crippen molar-refractivity contribution < 1.29 is 14.6 Å². The third-order valence-corrected chi connectivity index (χ3v) is 3.73. The normalized spacial score (nSPS) is 14.3. The lowest BCUT2D eigenvalue weighted by molar-refractivity contribution is -0.0257. The molecule has 122 valence electrons. The number of methoxy groups -OCH3 is 1. The van der Waals surface area contributed by atoms with Crippen molar-refractivity contribution in [3.8, 4) is 0 Å². The second kappa shape index (κ2) is 10.9. The predicted molar refractivity (Wildman–Crippen MR) is 80.4 cm³/mol. The second-order valence-corrected chi connectivity index (χ2v) is 5.59. The second-order valence-electron chi connectivity index (χ2n) is 4.60. The van der Waals surface area contributed by atoms with Crippen molar-refractivity contribution in [2.24, 2.45) is 0 Å². The number of hydrogen-bond donors (Lipinski definition) is 2. The van der Waals surface area contributed by atoms with E-state index in [1.165, 1.54) is 11.8 Å². The van der Waals surface area contributed by atoms with Crippen molar-refractivity contribution in [1.29, 1.82) is 0 Å². The molecular weight excluding hydrogens is 294 g/mol. The van der Waals surface area contributed by atoms with Crippen molar-refractivity contribution in [2.75, 3.05) is 39.2 Å². The molecule has 2 unspecified atom stereocenters. The number of nitrogens with zero attached hydrogens (tertiary/aromatic N) is 4. The van der Waals surface area contributed by atoms with Crippen LogP contribution in [0.5, 0.6) is 0 Å². The maximum Gasteiger partial charge on any atom is 0.209 e. The van der Waals surface area contributed by atoms with Crippen molar-refractivity contribution in [2.45, 2.75) is 37.8 Å². The van der Waals surface area contributed by atoms with Gasteiger partial charge in [0.05, 0.1) is 32.0 Å². The van der Waals surface area contributed by atoms with Gasteiger partial charge in [0.15, 0.2) is 0 Å². The molecule has 21 heavy (non-hydrogen) atoms. The Hall–Kier alpha value is -0.740. The van der Waals surface area contributed by atoms with Gasteiger partial charge in [-0.2, -0.15) is 0 Å². The Kier molecular flexibility index (Phi) is 9.51. The predicted octanol–water partition coefficient (Wildman–Crippen LogP) is -0.213. The Morgan fingerprint density at radius 3 is 2.95 bits per heavy atom. The van der Waals surface area contributed by atoms with Crippen LogP contribution >= 0.6 is 11.8 Å². The summed E-state index contributed by atoms with van der Waals surface area (Å²) in [7, 11) is 1.62. The molecule has 1 aromatic rings. The first-order chi connectivity index (χ1) is 10.2. The summed E-state index contributed by atoms with van der Waals surface area (Å²) in [6.07, 6.45) is -0.590. The Morgan fingerprint density at radius 1 is 1.43 bits per heavy atom. The van der Waals surface area contributed by atoms with Crippen LogP contribution in [-0.2, 0) is 16.0 Å². The third kappa shape index (κ3) is 7.72. The highest BCUT2D eigenvalue weighted by atomic mass is 32.2. The molecule has 0 saturated heterocycles. The lowest BCUT2D eigenvalue weighted by Gasteiger charge is -2.15. The number of aliphatic hydroxyl groups is 1. The average molecular weight is 319 g/mol. The van der Waals surface area contributed by atoms with E-state index < -0.39 is 6.10 Å². The SMILES string of the molecule is CCNCCn1nnnc1SCC(O)COC(C)COC. The van der Waals surface area contributed by atoms with Crippen LogP contribution in [0.1, 0.15) is 13.8 Å². The highest BCUT2D eigenvalue weighted by Gasteiger charge is 2.12. The smallest absolute Gasteiger partial charge is 0.209 e. The van der Waals surface area contributed by atoms with Gasteiger partial charge in [0, 0.05) is 19.4 Å². The van der Waals surface area contributed by atoms with Crippen LogP contribution in [0.4, 0.5) is 0 Å². The van der Waals surface area contributed by atoms with E-state index in [-0.39, 0.29) is 12.7 Å². The van der Waals surface area contributed by atoms with Gasteiger partial charge in [0.1, 0.15) is 0 Å². The molecule has 0 fully saturated rings. The minimum Gasteiger partial charge on any atom is -0.390 e. The van der Waals surface area contributed by atoms with E-state index in [9.17, 15) is 5.11 Å². The molecule has 0 amide bonds. The Balaban J connectivity index is 2.26. The molecule has 1 heterocycles. The molecule has 2 atom stereocenters. The zero-order chi connectivity index (χ0) is 15.5. The Morgan fingerprint density at radius 2 is 2.24 bits per heavy atom. The first-order valence-electron chi connectivity index (χ1n) is 7.05. The quantitative estimate of drug-likeness (QED) is 0.404. The van der Waals surface area contributed by atoms with Crippen LogP contribution in [0.3, 0.4) is 0 Å². The molecule has 0 aromatic carbocycles. The maximum absolute atomic E-state index is 9.89. The number of rotatable bonds is 12. The zero-order valence-corrected chi connectivity index (χ0v) is 13.7. The van der Waals surface area contributed by atoms with E-state index >= 15 is 0 Å². The van der Waals surface area contributed by atoms with E-state index in [0.717, 1.165) is 13.1 Å². The highest BCUT2D eigenvalue weighted by molar-refractivity contribution is 7.99. The lowest BCUT2D eigenvalue weighted by Crippen LogP contribution is -2.24. The van der Waals surface area contributed by atoms with Crippen LogP contribution in [0.15, 0.2) is 5.16 Å². The summed E-state index contributed by atoms with van der Waals surface area (Å²) in [6.45, 7) is 7.19. The summed E-state index contributed by atoms with van der Waals surface area (Å²) in [4.78, 5) is 0. The van der Waals surface area contributed by atoms with Gasteiger partial charge in [-0.25, -0.2) is 4.68 Å². The van der Waals surface area contributed by atoms with Gasteiger partial charge in [-0.05, 0) is 23.9 Å². The van der Waals surface area contributed by atoms with E-state index in [0.29, 0.717) is 24.1 Å². The van der Waals surface area contributed by atoms with Gasteiger partial charge in [-0.1, -0.05) is 18.7 Å². The summed E-state index contributed by atoms with van der Waals surface area (Å²) in [6, 6.07) is 0. The van der Waals surface area contributed by atoms with Crippen LogP contribution in [-0.4, -0.2) is 76.7 Å². The molecule has 2 N–H and O–H groups in total. The maximum atomic E-state index is 9.89. The lowest BCUT2D eigenvalue weighted by atomic mass is 10.4. The number of nitrogens with one attached hydrogen (secondary N) is 1. The van der Waals surface area contributed by atoms with Crippen LogP contribution in [0, 0.1) is 0 Å². The first-order valence-corrected chi connectivity index (χ1v) is 8.04. The molecular formula is C12H25N5O3S. The van der Waals surface area contributed by atoms with Gasteiger partial charge >= 0.3 is 0 Å². The van der Waals surface area contributed by atoms with E-state index in [1.54, 1.807) is 11.8 Å². The number of aliphatic hydroxyl groups excluding tert-OH is 1. The number of aromatic nitrogens is 4. The molecule has 1 rings (SSSR count). The average Bonchev–Trinajstić information content (AvgIpc) is 2.91. The minimum atomic E-state index is -0.562. The number of likely N-dealkylation sites (N-methyl/N-ethyl adjacent to an activating group) is 1. The van der Waals surface area contributed by atoms with Crippen LogP contribution in [0.2, 0.25) is 0 Å². The molecule has 0 aliphatic rings. The van der Waals surface area contributed by atoms with Gasteiger partial charge < -0.3 is 19.9 Å². The highest BCUT2D eigenvalue weighted by Crippen LogP contribution is 2.15. The molecule has 8 nitrogen and oxygen atoms in total. The molecule has 0 aliphatic heterocycles. The first kappa shape index (κ1) is 18.3. The molecule has 0 saturated carbocycles. The fourth-order valence-corrected chi connectivity index (χ4v) is 2.39. The van der Waals surface area contributed by atoms with Crippen molar-refractivity contribution in [3.05, 3.63) is 0 Å². The number of thioether (sulfide) groups is 1. The zero-order valence-electron chi connectivity index (χ0n) is 12.9. The summed E-state index contributed by atoms with van der Waals surface area (Å²) >= 11 is 1.42. The van der Waals surface area contributed by atoms with Gasteiger partial charge in [-0.15, -0.1) is 5.10 Å². The van der Waals surface area contributed by atoms with Gasteiger partial charge in [0.2, 0.25) is 5.16 Å². The Bertz CT molecular complexity index is 380. The standard InChI is InChI=1S/C12H25N5O3S/c1-4-13-5-6-17-12(14-15-16-17)21-9-11(18)8-20-10(2)7-19-3/h10-11,13,18H,4-9H2,1-3H3. The number of hydrogen-bond acceptors (Lipinski definition) is 8. The van der Waals surface area contributed by atoms with Crippen LogP contribution < -0.4 is 5.32 Å². The minimum absolute atomic E-state index is 0.0277. The fourth-order valence-electron chi connectivity index (χ4n) is 1.58. The number of tetrazole rings is 1. The topological polar surface area (TPSA) is 94.3 Å².